The summed E-state index contributed by atoms with van der Waals surface area (Å²) in [5.41, 5.74) is 2.20. The van der Waals surface area contributed by atoms with Crippen molar-refractivity contribution >= 4 is 5.91 Å². The van der Waals surface area contributed by atoms with Gasteiger partial charge in [-0.15, -0.1) is 0 Å². The lowest BCUT2D eigenvalue weighted by atomic mass is 9.98. The van der Waals surface area contributed by atoms with Crippen molar-refractivity contribution in [3.8, 4) is 5.75 Å². The van der Waals surface area contributed by atoms with Crippen molar-refractivity contribution in [2.24, 2.45) is 0 Å². The van der Waals surface area contributed by atoms with Gasteiger partial charge in [0.25, 0.3) is 0 Å². The molecule has 1 amide bonds. The molecule has 0 radical (unpaired) electrons. The van der Waals surface area contributed by atoms with Crippen LogP contribution >= 0.6 is 0 Å². The minimum Gasteiger partial charge on any atom is -0.497 e. The third-order valence-electron chi connectivity index (χ3n) is 5.15. The predicted octanol–water partition coefficient (Wildman–Crippen LogP) is 3.16. The Morgan fingerprint density at radius 3 is 2.52 bits per heavy atom. The molecule has 2 aromatic rings. The molecular formula is C22H28N2O3. The molecular weight excluding hydrogens is 340 g/mol. The fourth-order valence-corrected chi connectivity index (χ4v) is 3.54. The quantitative estimate of drug-likeness (QED) is 0.851. The molecule has 3 rings (SSSR count). The van der Waals surface area contributed by atoms with E-state index < -0.39 is 0 Å². The van der Waals surface area contributed by atoms with Gasteiger partial charge in [0.2, 0.25) is 5.91 Å². The number of hydrogen-bond donors (Lipinski definition) is 1. The van der Waals surface area contributed by atoms with Gasteiger partial charge in [0, 0.05) is 18.6 Å². The zero-order valence-corrected chi connectivity index (χ0v) is 16.2. The van der Waals surface area contributed by atoms with Gasteiger partial charge in [-0.05, 0) is 37.1 Å². The number of nitrogens with zero attached hydrogens (tertiary/aromatic N) is 1. The standard InChI is InChI=1S/C22H28N2O3/c1-16-15-27-22(19-7-5-4-6-8-19)17(2)24(16)14-21(25)23-13-18-9-11-20(26-3)12-10-18/h4-12,16-17,22H,13-15H2,1-3H3,(H,23,25). The number of nitrogens with one attached hydrogen (secondary N) is 1. The van der Waals surface area contributed by atoms with Crippen molar-refractivity contribution in [3.63, 3.8) is 0 Å². The second-order valence-corrected chi connectivity index (χ2v) is 7.05. The molecule has 144 valence electrons. The highest BCUT2D eigenvalue weighted by molar-refractivity contribution is 5.78. The second-order valence-electron chi connectivity index (χ2n) is 7.05. The number of ether oxygens (including phenoxy) is 2. The summed E-state index contributed by atoms with van der Waals surface area (Å²) in [5, 5.41) is 3.02. The Hall–Kier alpha value is -2.37. The van der Waals surface area contributed by atoms with Crippen molar-refractivity contribution in [1.82, 2.24) is 10.2 Å². The highest BCUT2D eigenvalue weighted by Gasteiger charge is 2.35. The van der Waals surface area contributed by atoms with E-state index >= 15 is 0 Å². The molecule has 1 fully saturated rings. The monoisotopic (exact) mass is 368 g/mol. The largest absolute Gasteiger partial charge is 0.497 e. The number of amides is 1. The van der Waals surface area contributed by atoms with Crippen LogP contribution in [0.1, 0.15) is 31.1 Å². The summed E-state index contributed by atoms with van der Waals surface area (Å²) in [6, 6.07) is 18.3. The zero-order chi connectivity index (χ0) is 19.2. The number of morpholine rings is 1. The van der Waals surface area contributed by atoms with Gasteiger partial charge in [0.15, 0.2) is 0 Å². The van der Waals surface area contributed by atoms with Crippen molar-refractivity contribution in [2.45, 2.75) is 38.6 Å². The molecule has 0 bridgehead atoms. The number of carbonyl (C=O) groups excluding carboxylic acids is 1. The van der Waals surface area contributed by atoms with Gasteiger partial charge >= 0.3 is 0 Å². The highest BCUT2D eigenvalue weighted by Crippen LogP contribution is 2.30. The van der Waals surface area contributed by atoms with E-state index in [-0.39, 0.29) is 24.1 Å². The summed E-state index contributed by atoms with van der Waals surface area (Å²) < 4.78 is 11.2. The van der Waals surface area contributed by atoms with E-state index in [9.17, 15) is 4.79 Å². The molecule has 27 heavy (non-hydrogen) atoms. The molecule has 0 saturated carbocycles. The minimum atomic E-state index is -0.0169. The fourth-order valence-electron chi connectivity index (χ4n) is 3.54. The van der Waals surface area contributed by atoms with E-state index in [2.05, 4.69) is 36.2 Å². The van der Waals surface area contributed by atoms with Crippen LogP contribution in [0, 0.1) is 0 Å². The zero-order valence-electron chi connectivity index (χ0n) is 16.2. The van der Waals surface area contributed by atoms with Crippen molar-refractivity contribution in [2.75, 3.05) is 20.3 Å². The summed E-state index contributed by atoms with van der Waals surface area (Å²) in [7, 11) is 1.64. The van der Waals surface area contributed by atoms with Crippen molar-refractivity contribution in [3.05, 3.63) is 65.7 Å². The van der Waals surface area contributed by atoms with Crippen molar-refractivity contribution in [1.29, 1.82) is 0 Å². The molecule has 3 unspecified atom stereocenters. The first-order valence-electron chi connectivity index (χ1n) is 9.40. The highest BCUT2D eigenvalue weighted by atomic mass is 16.5. The Morgan fingerprint density at radius 2 is 1.85 bits per heavy atom. The average molecular weight is 368 g/mol. The average Bonchev–Trinajstić information content (AvgIpc) is 2.70. The van der Waals surface area contributed by atoms with Crippen LogP contribution in [-0.4, -0.2) is 43.2 Å². The first-order chi connectivity index (χ1) is 13.1. The van der Waals surface area contributed by atoms with Gasteiger partial charge < -0.3 is 14.8 Å². The molecule has 0 aliphatic carbocycles. The van der Waals surface area contributed by atoms with Gasteiger partial charge in [-0.25, -0.2) is 0 Å². The molecule has 5 nitrogen and oxygen atoms in total. The fraction of sp³-hybridized carbons (Fsp3) is 0.409. The number of benzene rings is 2. The molecule has 0 spiro atoms. The van der Waals surface area contributed by atoms with Crippen LogP contribution in [0.4, 0.5) is 0 Å². The van der Waals surface area contributed by atoms with E-state index in [4.69, 9.17) is 9.47 Å². The van der Waals surface area contributed by atoms with Crippen LogP contribution in [0.2, 0.25) is 0 Å². The number of methoxy groups -OCH3 is 1. The molecule has 1 N–H and O–H groups in total. The second kappa shape index (κ2) is 9.02. The molecule has 1 saturated heterocycles. The Labute approximate surface area is 161 Å². The van der Waals surface area contributed by atoms with Crippen molar-refractivity contribution < 1.29 is 14.3 Å². The van der Waals surface area contributed by atoms with E-state index in [1.54, 1.807) is 7.11 Å². The van der Waals surface area contributed by atoms with Crippen LogP contribution in [0.15, 0.2) is 54.6 Å². The van der Waals surface area contributed by atoms with Crippen LogP contribution in [0.25, 0.3) is 0 Å². The van der Waals surface area contributed by atoms with E-state index in [0.717, 1.165) is 16.9 Å². The van der Waals surface area contributed by atoms with Gasteiger partial charge in [0.05, 0.1) is 26.4 Å². The summed E-state index contributed by atoms with van der Waals surface area (Å²) in [4.78, 5) is 14.8. The lowest BCUT2D eigenvalue weighted by Crippen LogP contribution is -2.54. The van der Waals surface area contributed by atoms with E-state index in [1.165, 1.54) is 0 Å². The Bertz CT molecular complexity index is 733. The topological polar surface area (TPSA) is 50.8 Å². The lowest BCUT2D eigenvalue weighted by Gasteiger charge is -2.43. The van der Waals surface area contributed by atoms with Crippen LogP contribution in [0.3, 0.4) is 0 Å². The van der Waals surface area contributed by atoms with Crippen LogP contribution in [-0.2, 0) is 16.1 Å². The Morgan fingerprint density at radius 1 is 1.15 bits per heavy atom. The summed E-state index contributed by atoms with van der Waals surface area (Å²) in [6.07, 6.45) is -0.0169. The molecule has 3 atom stereocenters. The van der Waals surface area contributed by atoms with Gasteiger partial charge in [-0.2, -0.15) is 0 Å². The van der Waals surface area contributed by atoms with Gasteiger partial charge in [-0.3, -0.25) is 9.69 Å². The first-order valence-corrected chi connectivity index (χ1v) is 9.40. The third kappa shape index (κ3) is 4.87. The molecule has 2 aromatic carbocycles. The summed E-state index contributed by atoms with van der Waals surface area (Å²) >= 11 is 0. The molecule has 1 aliphatic heterocycles. The Kier molecular flexibility index (Phi) is 6.48. The van der Waals surface area contributed by atoms with Crippen LogP contribution in [0.5, 0.6) is 5.75 Å². The van der Waals surface area contributed by atoms with Gasteiger partial charge in [0.1, 0.15) is 5.75 Å². The van der Waals surface area contributed by atoms with E-state index in [1.807, 2.05) is 42.5 Å². The summed E-state index contributed by atoms with van der Waals surface area (Å²) in [5.74, 6) is 0.839. The molecule has 0 aromatic heterocycles. The number of carbonyl (C=O) groups is 1. The normalized spacial score (nSPS) is 23.0. The third-order valence-corrected chi connectivity index (χ3v) is 5.15. The first kappa shape index (κ1) is 19.4. The maximum atomic E-state index is 12.5. The maximum absolute atomic E-state index is 12.5. The maximum Gasteiger partial charge on any atom is 0.234 e. The molecule has 1 heterocycles. The molecule has 1 aliphatic rings. The minimum absolute atomic E-state index is 0.0169. The van der Waals surface area contributed by atoms with Gasteiger partial charge in [-0.1, -0.05) is 42.5 Å². The van der Waals surface area contributed by atoms with Crippen LogP contribution < -0.4 is 10.1 Å². The SMILES string of the molecule is COc1ccc(CNC(=O)CN2C(C)COC(c3ccccc3)C2C)cc1. The van der Waals surface area contributed by atoms with E-state index in [0.29, 0.717) is 19.7 Å². The predicted molar refractivity (Wildman–Crippen MR) is 106 cm³/mol. The number of rotatable bonds is 6. The molecule has 5 heteroatoms. The summed E-state index contributed by atoms with van der Waals surface area (Å²) in [6.45, 7) is 5.73. The number of hydrogen-bond acceptors (Lipinski definition) is 4. The Balaban J connectivity index is 1.58. The lowest BCUT2D eigenvalue weighted by molar-refractivity contribution is -0.132. The smallest absolute Gasteiger partial charge is 0.234 e.